The molecule has 4 nitrogen and oxygen atoms in total. The van der Waals surface area contributed by atoms with Crippen LogP contribution in [-0.4, -0.2) is 38.1 Å². The van der Waals surface area contributed by atoms with E-state index in [1.54, 1.807) is 6.07 Å². The molecule has 0 aliphatic carbocycles. The number of rotatable bonds is 5. The number of fused-ring (bicyclic) bond motifs is 3. The Morgan fingerprint density at radius 3 is 2.67 bits per heavy atom. The molecule has 2 aliphatic rings. The van der Waals surface area contributed by atoms with E-state index in [-0.39, 0.29) is 18.4 Å². The fourth-order valence-corrected chi connectivity index (χ4v) is 5.01. The first-order valence-corrected chi connectivity index (χ1v) is 11.8. The predicted octanol–water partition coefficient (Wildman–Crippen LogP) is 5.39. The van der Waals surface area contributed by atoms with Gasteiger partial charge in [0.05, 0.1) is 17.5 Å². The second-order valence-corrected chi connectivity index (χ2v) is 9.75. The van der Waals surface area contributed by atoms with Gasteiger partial charge in [-0.05, 0) is 60.7 Å². The molecule has 2 atom stereocenters. The average Bonchev–Trinajstić information content (AvgIpc) is 2.76. The van der Waals surface area contributed by atoms with Crippen LogP contribution in [0.5, 0.6) is 0 Å². The third-order valence-electron chi connectivity index (χ3n) is 6.57. The SMILES string of the molecule is CC(C)CCNC(=O)C1Cc2cc(C(F)(F)F)ccc2N2CCN(c3cccc(Cl)c3)CC12. The molecule has 2 aliphatic heterocycles. The van der Waals surface area contributed by atoms with Crippen LogP contribution in [0.1, 0.15) is 31.4 Å². The maximum atomic E-state index is 13.4. The number of piperazine rings is 1. The zero-order chi connectivity index (χ0) is 23.8. The highest BCUT2D eigenvalue weighted by atomic mass is 35.5. The molecule has 2 heterocycles. The summed E-state index contributed by atoms with van der Waals surface area (Å²) in [4.78, 5) is 17.5. The fraction of sp³-hybridized carbons (Fsp3) is 0.480. The van der Waals surface area contributed by atoms with E-state index in [0.717, 1.165) is 23.9 Å². The smallest absolute Gasteiger partial charge is 0.368 e. The van der Waals surface area contributed by atoms with Crippen LogP contribution >= 0.6 is 11.6 Å². The summed E-state index contributed by atoms with van der Waals surface area (Å²) in [6.45, 7) is 6.65. The number of halogens is 4. The first-order valence-electron chi connectivity index (χ1n) is 11.4. The van der Waals surface area contributed by atoms with Crippen LogP contribution in [0.15, 0.2) is 42.5 Å². The van der Waals surface area contributed by atoms with Crippen LogP contribution in [-0.2, 0) is 17.4 Å². The van der Waals surface area contributed by atoms with E-state index in [9.17, 15) is 18.0 Å². The van der Waals surface area contributed by atoms with Gasteiger partial charge in [-0.3, -0.25) is 4.79 Å². The Labute approximate surface area is 197 Å². The molecule has 1 amide bonds. The van der Waals surface area contributed by atoms with Gasteiger partial charge in [0.15, 0.2) is 0 Å². The summed E-state index contributed by atoms with van der Waals surface area (Å²) >= 11 is 6.19. The van der Waals surface area contributed by atoms with Crippen LogP contribution in [0.2, 0.25) is 5.02 Å². The molecule has 4 rings (SSSR count). The Morgan fingerprint density at radius 1 is 1.18 bits per heavy atom. The number of carbonyl (C=O) groups excluding carboxylic acids is 1. The number of anilines is 2. The van der Waals surface area contributed by atoms with Crippen LogP contribution in [0.3, 0.4) is 0 Å². The zero-order valence-corrected chi connectivity index (χ0v) is 19.6. The van der Waals surface area contributed by atoms with E-state index < -0.39 is 17.7 Å². The van der Waals surface area contributed by atoms with Gasteiger partial charge in [-0.1, -0.05) is 31.5 Å². The molecule has 0 saturated carbocycles. The number of nitrogens with zero attached hydrogens (tertiary/aromatic N) is 2. The molecule has 2 aromatic carbocycles. The molecule has 2 aromatic rings. The van der Waals surface area contributed by atoms with E-state index in [0.29, 0.717) is 42.7 Å². The van der Waals surface area contributed by atoms with Crippen LogP contribution in [0.4, 0.5) is 24.5 Å². The normalized spacial score (nSPS) is 20.5. The van der Waals surface area contributed by atoms with Crippen molar-refractivity contribution in [3.63, 3.8) is 0 Å². The van der Waals surface area contributed by atoms with Gasteiger partial charge in [-0.15, -0.1) is 0 Å². The minimum absolute atomic E-state index is 0.0957. The van der Waals surface area contributed by atoms with Crippen molar-refractivity contribution < 1.29 is 18.0 Å². The molecule has 0 aromatic heterocycles. The lowest BCUT2D eigenvalue weighted by Crippen LogP contribution is -2.61. The van der Waals surface area contributed by atoms with E-state index in [2.05, 4.69) is 29.0 Å². The van der Waals surface area contributed by atoms with Crippen molar-refractivity contribution in [1.29, 1.82) is 0 Å². The van der Waals surface area contributed by atoms with Crippen LogP contribution < -0.4 is 15.1 Å². The first-order chi connectivity index (χ1) is 15.6. The summed E-state index contributed by atoms with van der Waals surface area (Å²) in [6.07, 6.45) is -3.26. The zero-order valence-electron chi connectivity index (χ0n) is 18.8. The topological polar surface area (TPSA) is 35.6 Å². The lowest BCUT2D eigenvalue weighted by molar-refractivity contribution is -0.137. The molecule has 1 N–H and O–H groups in total. The van der Waals surface area contributed by atoms with Gasteiger partial charge in [0.2, 0.25) is 5.91 Å². The van der Waals surface area contributed by atoms with Crippen molar-refractivity contribution in [1.82, 2.24) is 5.32 Å². The summed E-state index contributed by atoms with van der Waals surface area (Å²) in [5.41, 5.74) is 1.70. The molecule has 0 radical (unpaired) electrons. The number of carbonyl (C=O) groups is 1. The van der Waals surface area contributed by atoms with Crippen molar-refractivity contribution in [3.8, 4) is 0 Å². The molecule has 33 heavy (non-hydrogen) atoms. The molecule has 0 spiro atoms. The average molecular weight is 480 g/mol. The predicted molar refractivity (Wildman–Crippen MR) is 126 cm³/mol. The minimum Gasteiger partial charge on any atom is -0.368 e. The number of hydrogen-bond donors (Lipinski definition) is 1. The molecular formula is C25H29ClF3N3O. The number of benzene rings is 2. The third kappa shape index (κ3) is 5.24. The van der Waals surface area contributed by atoms with Crippen LogP contribution in [0.25, 0.3) is 0 Å². The van der Waals surface area contributed by atoms with Crippen molar-refractivity contribution in [2.75, 3.05) is 36.0 Å². The summed E-state index contributed by atoms with van der Waals surface area (Å²) in [5.74, 6) is -0.0759. The van der Waals surface area contributed by atoms with Gasteiger partial charge in [-0.25, -0.2) is 0 Å². The lowest BCUT2D eigenvalue weighted by Gasteiger charge is -2.49. The summed E-state index contributed by atoms with van der Waals surface area (Å²) in [6, 6.07) is 11.4. The molecular weight excluding hydrogens is 451 g/mol. The minimum atomic E-state index is -4.41. The Balaban J connectivity index is 1.64. The van der Waals surface area contributed by atoms with E-state index >= 15 is 0 Å². The van der Waals surface area contributed by atoms with E-state index in [1.807, 2.05) is 24.3 Å². The first kappa shape index (κ1) is 23.7. The van der Waals surface area contributed by atoms with Crippen molar-refractivity contribution >= 4 is 28.9 Å². The van der Waals surface area contributed by atoms with E-state index in [4.69, 9.17) is 11.6 Å². The molecule has 1 fully saturated rings. The fourth-order valence-electron chi connectivity index (χ4n) is 4.82. The highest BCUT2D eigenvalue weighted by molar-refractivity contribution is 6.30. The van der Waals surface area contributed by atoms with Gasteiger partial charge in [0.25, 0.3) is 0 Å². The Hall–Kier alpha value is -2.41. The lowest BCUT2D eigenvalue weighted by atomic mass is 9.82. The van der Waals surface area contributed by atoms with Crippen molar-refractivity contribution in [3.05, 3.63) is 58.6 Å². The summed E-state index contributed by atoms with van der Waals surface area (Å²) in [5, 5.41) is 3.67. The van der Waals surface area contributed by atoms with E-state index in [1.165, 1.54) is 6.07 Å². The molecule has 2 unspecified atom stereocenters. The maximum absolute atomic E-state index is 13.4. The molecule has 1 saturated heterocycles. The third-order valence-corrected chi connectivity index (χ3v) is 6.81. The maximum Gasteiger partial charge on any atom is 0.416 e. The summed E-state index contributed by atoms with van der Waals surface area (Å²) < 4.78 is 40.1. The highest BCUT2D eigenvalue weighted by Crippen LogP contribution is 2.40. The largest absolute Gasteiger partial charge is 0.416 e. The van der Waals surface area contributed by atoms with Crippen LogP contribution in [0, 0.1) is 11.8 Å². The van der Waals surface area contributed by atoms with Crippen molar-refractivity contribution in [2.45, 2.75) is 38.9 Å². The second-order valence-electron chi connectivity index (χ2n) is 9.31. The monoisotopic (exact) mass is 479 g/mol. The summed E-state index contributed by atoms with van der Waals surface area (Å²) in [7, 11) is 0. The molecule has 8 heteroatoms. The van der Waals surface area contributed by atoms with Gasteiger partial charge in [0.1, 0.15) is 0 Å². The number of amides is 1. The highest BCUT2D eigenvalue weighted by Gasteiger charge is 2.42. The molecule has 0 bridgehead atoms. The van der Waals surface area contributed by atoms with Gasteiger partial charge in [0, 0.05) is 42.6 Å². The molecule has 178 valence electrons. The Kier molecular flexibility index (Phi) is 6.80. The van der Waals surface area contributed by atoms with Gasteiger partial charge >= 0.3 is 6.18 Å². The standard InChI is InChI=1S/C25H29ClF3N3O/c1-16(2)8-9-30-24(33)21-13-17-12-18(25(27,28)29)6-7-22(17)32-11-10-31(15-23(21)32)20-5-3-4-19(26)14-20/h3-7,12,14,16,21,23H,8-11,13,15H2,1-2H3,(H,30,33). The van der Waals surface area contributed by atoms with Gasteiger partial charge in [-0.2, -0.15) is 13.2 Å². The van der Waals surface area contributed by atoms with Crippen molar-refractivity contribution in [2.24, 2.45) is 11.8 Å². The Bertz CT molecular complexity index is 1010. The van der Waals surface area contributed by atoms with Gasteiger partial charge < -0.3 is 15.1 Å². The number of hydrogen-bond acceptors (Lipinski definition) is 3. The number of alkyl halides is 3. The Morgan fingerprint density at radius 2 is 1.97 bits per heavy atom. The quantitative estimate of drug-likeness (QED) is 0.624. The number of nitrogens with one attached hydrogen (secondary N) is 1. The second kappa shape index (κ2) is 9.45.